The van der Waals surface area contributed by atoms with Crippen molar-refractivity contribution >= 4 is 28.1 Å². The highest BCUT2D eigenvalue weighted by Gasteiger charge is 2.06. The van der Waals surface area contributed by atoms with Crippen molar-refractivity contribution in [2.24, 2.45) is 5.10 Å². The largest absolute Gasteiger partial charge is 0.497 e. The zero-order valence-corrected chi connectivity index (χ0v) is 13.8. The lowest BCUT2D eigenvalue weighted by Crippen LogP contribution is -2.24. The van der Waals surface area contributed by atoms with E-state index in [0.717, 1.165) is 0 Å². The lowest BCUT2D eigenvalue weighted by Gasteiger charge is -2.08. The van der Waals surface area contributed by atoms with E-state index in [1.807, 2.05) is 0 Å². The van der Waals surface area contributed by atoms with Gasteiger partial charge in [0.2, 0.25) is 0 Å². The third-order valence-corrected chi connectivity index (χ3v) is 3.42. The number of carbonyl (C=O) groups is 1. The van der Waals surface area contributed by atoms with Crippen LogP contribution >= 0.6 is 15.9 Å². The van der Waals surface area contributed by atoms with Crippen LogP contribution in [0.1, 0.15) is 5.56 Å². The minimum Gasteiger partial charge on any atom is -0.497 e. The van der Waals surface area contributed by atoms with Crippen LogP contribution in [-0.4, -0.2) is 25.8 Å². The molecule has 0 atom stereocenters. The summed E-state index contributed by atoms with van der Waals surface area (Å²) in [6.07, 6.45) is 1.23. The highest BCUT2D eigenvalue weighted by molar-refractivity contribution is 9.10. The standard InChI is InChI=1S/C16H14BrFN2O3/c1-22-12-6-7-15(13(17)8-12)23-10-16(21)20-19-9-11-4-2-3-5-14(11)18/h2-9H,10H2,1H3,(H,20,21)/b19-9+. The monoisotopic (exact) mass is 380 g/mol. The second-order valence-corrected chi connectivity index (χ2v) is 5.25. The number of carbonyl (C=O) groups excluding carboxylic acids is 1. The van der Waals surface area contributed by atoms with Gasteiger partial charge in [-0.3, -0.25) is 4.79 Å². The molecule has 7 heteroatoms. The molecule has 0 fully saturated rings. The van der Waals surface area contributed by atoms with Crippen LogP contribution in [0.3, 0.4) is 0 Å². The summed E-state index contributed by atoms with van der Waals surface area (Å²) >= 11 is 3.32. The van der Waals surface area contributed by atoms with Gasteiger partial charge in [0.25, 0.3) is 5.91 Å². The Morgan fingerprint density at radius 2 is 2.13 bits per heavy atom. The lowest BCUT2D eigenvalue weighted by molar-refractivity contribution is -0.123. The van der Waals surface area contributed by atoms with Gasteiger partial charge in [-0.1, -0.05) is 18.2 Å². The minimum atomic E-state index is -0.458. The molecule has 0 bridgehead atoms. The van der Waals surface area contributed by atoms with E-state index in [-0.39, 0.29) is 12.2 Å². The maximum atomic E-state index is 13.3. The van der Waals surface area contributed by atoms with Gasteiger partial charge in [0.05, 0.1) is 17.8 Å². The summed E-state index contributed by atoms with van der Waals surface area (Å²) in [6, 6.07) is 11.2. The third-order valence-electron chi connectivity index (χ3n) is 2.80. The topological polar surface area (TPSA) is 59.9 Å². The van der Waals surface area contributed by atoms with Gasteiger partial charge in [0.1, 0.15) is 17.3 Å². The summed E-state index contributed by atoms with van der Waals surface area (Å²) in [5.41, 5.74) is 2.55. The Bertz CT molecular complexity index is 722. The average Bonchev–Trinajstić information content (AvgIpc) is 2.55. The van der Waals surface area contributed by atoms with E-state index in [1.54, 1.807) is 43.5 Å². The second kappa shape index (κ2) is 8.28. The van der Waals surface area contributed by atoms with Gasteiger partial charge in [0.15, 0.2) is 6.61 Å². The van der Waals surface area contributed by atoms with Crippen LogP contribution in [0.4, 0.5) is 4.39 Å². The van der Waals surface area contributed by atoms with Crippen molar-refractivity contribution in [1.82, 2.24) is 5.43 Å². The second-order valence-electron chi connectivity index (χ2n) is 4.40. The van der Waals surface area contributed by atoms with E-state index in [1.165, 1.54) is 12.3 Å². The van der Waals surface area contributed by atoms with Crippen molar-refractivity contribution in [3.05, 3.63) is 58.3 Å². The first-order valence-electron chi connectivity index (χ1n) is 6.63. The van der Waals surface area contributed by atoms with E-state index in [0.29, 0.717) is 16.0 Å². The quantitative estimate of drug-likeness (QED) is 0.618. The summed E-state index contributed by atoms with van der Waals surface area (Å²) in [5.74, 6) is 0.298. The Kier molecular flexibility index (Phi) is 6.10. The van der Waals surface area contributed by atoms with Crippen LogP contribution < -0.4 is 14.9 Å². The molecule has 5 nitrogen and oxygen atoms in total. The number of halogens is 2. The number of hydrogen-bond donors (Lipinski definition) is 1. The molecule has 2 aromatic carbocycles. The third kappa shape index (κ3) is 5.07. The Morgan fingerprint density at radius 1 is 1.35 bits per heavy atom. The average molecular weight is 381 g/mol. The molecule has 0 aliphatic carbocycles. The van der Waals surface area contributed by atoms with Gasteiger partial charge in [-0.2, -0.15) is 5.10 Å². The molecule has 0 radical (unpaired) electrons. The zero-order valence-electron chi connectivity index (χ0n) is 12.3. The molecule has 0 spiro atoms. The van der Waals surface area contributed by atoms with E-state index in [9.17, 15) is 9.18 Å². The van der Waals surface area contributed by atoms with Crippen LogP contribution in [0.2, 0.25) is 0 Å². The number of methoxy groups -OCH3 is 1. The number of nitrogens with one attached hydrogen (secondary N) is 1. The highest BCUT2D eigenvalue weighted by atomic mass is 79.9. The molecular formula is C16H14BrFN2O3. The fourth-order valence-corrected chi connectivity index (χ4v) is 2.13. The minimum absolute atomic E-state index is 0.223. The molecule has 0 unspecified atom stereocenters. The van der Waals surface area contributed by atoms with Gasteiger partial charge in [-0.25, -0.2) is 9.82 Å². The first-order chi connectivity index (χ1) is 11.1. The Hall–Kier alpha value is -2.41. The first-order valence-corrected chi connectivity index (χ1v) is 7.42. The molecule has 0 aromatic heterocycles. The van der Waals surface area contributed by atoms with Gasteiger partial charge in [-0.15, -0.1) is 0 Å². The normalized spacial score (nSPS) is 10.6. The molecule has 1 amide bonds. The van der Waals surface area contributed by atoms with Crippen LogP contribution in [0.5, 0.6) is 11.5 Å². The van der Waals surface area contributed by atoms with Crippen molar-refractivity contribution < 1.29 is 18.7 Å². The van der Waals surface area contributed by atoms with Crippen LogP contribution in [0.25, 0.3) is 0 Å². The number of benzene rings is 2. The number of hydrogen-bond acceptors (Lipinski definition) is 4. The van der Waals surface area contributed by atoms with Gasteiger partial charge in [-0.05, 0) is 40.2 Å². The van der Waals surface area contributed by atoms with E-state index < -0.39 is 11.7 Å². The lowest BCUT2D eigenvalue weighted by atomic mass is 10.2. The van der Waals surface area contributed by atoms with Crippen molar-refractivity contribution in [3.63, 3.8) is 0 Å². The Morgan fingerprint density at radius 3 is 2.83 bits per heavy atom. The summed E-state index contributed by atoms with van der Waals surface area (Å²) in [5, 5.41) is 3.69. The van der Waals surface area contributed by atoms with Crippen molar-refractivity contribution in [3.8, 4) is 11.5 Å². The molecule has 2 aromatic rings. The number of nitrogens with zero attached hydrogens (tertiary/aromatic N) is 1. The van der Waals surface area contributed by atoms with Crippen LogP contribution in [0.15, 0.2) is 52.0 Å². The number of rotatable bonds is 6. The van der Waals surface area contributed by atoms with Gasteiger partial charge in [0, 0.05) is 5.56 Å². The first kappa shape index (κ1) is 17.0. The molecule has 1 N–H and O–H groups in total. The Labute approximate surface area is 141 Å². The molecule has 120 valence electrons. The van der Waals surface area contributed by atoms with E-state index >= 15 is 0 Å². The van der Waals surface area contributed by atoms with Gasteiger partial charge >= 0.3 is 0 Å². The van der Waals surface area contributed by atoms with E-state index in [4.69, 9.17) is 9.47 Å². The summed E-state index contributed by atoms with van der Waals surface area (Å²) in [6.45, 7) is -0.223. The zero-order chi connectivity index (χ0) is 16.7. The summed E-state index contributed by atoms with van der Waals surface area (Å²) in [4.78, 5) is 11.6. The summed E-state index contributed by atoms with van der Waals surface area (Å²) in [7, 11) is 1.56. The predicted molar refractivity (Wildman–Crippen MR) is 88.3 cm³/mol. The molecule has 0 aliphatic rings. The molecule has 0 saturated heterocycles. The van der Waals surface area contributed by atoms with Crippen LogP contribution in [-0.2, 0) is 4.79 Å². The number of ether oxygens (including phenoxy) is 2. The molecule has 0 heterocycles. The van der Waals surface area contributed by atoms with Crippen molar-refractivity contribution in [2.45, 2.75) is 0 Å². The number of amides is 1. The van der Waals surface area contributed by atoms with Crippen LogP contribution in [0, 0.1) is 5.82 Å². The maximum Gasteiger partial charge on any atom is 0.277 e. The molecular weight excluding hydrogens is 367 g/mol. The molecule has 0 saturated carbocycles. The molecule has 2 rings (SSSR count). The smallest absolute Gasteiger partial charge is 0.277 e. The van der Waals surface area contributed by atoms with Gasteiger partial charge < -0.3 is 9.47 Å². The molecule has 0 aliphatic heterocycles. The fraction of sp³-hybridized carbons (Fsp3) is 0.125. The maximum absolute atomic E-state index is 13.3. The highest BCUT2D eigenvalue weighted by Crippen LogP contribution is 2.28. The van der Waals surface area contributed by atoms with E-state index in [2.05, 4.69) is 26.5 Å². The fourth-order valence-electron chi connectivity index (χ4n) is 1.65. The summed E-state index contributed by atoms with van der Waals surface area (Å²) < 4.78 is 24.4. The predicted octanol–water partition coefficient (Wildman–Crippen LogP) is 3.13. The van der Waals surface area contributed by atoms with Crippen molar-refractivity contribution in [1.29, 1.82) is 0 Å². The van der Waals surface area contributed by atoms with Crippen molar-refractivity contribution in [2.75, 3.05) is 13.7 Å². The Balaban J connectivity index is 1.85. The SMILES string of the molecule is COc1ccc(OCC(=O)N/N=C/c2ccccc2F)c(Br)c1. The molecule has 23 heavy (non-hydrogen) atoms. The number of hydrazone groups is 1.